The van der Waals surface area contributed by atoms with Gasteiger partial charge >= 0.3 is 5.97 Å². The third-order valence-corrected chi connectivity index (χ3v) is 4.70. The van der Waals surface area contributed by atoms with Crippen molar-refractivity contribution in [2.24, 2.45) is 17.3 Å². The second-order valence-electron chi connectivity index (χ2n) is 6.01. The van der Waals surface area contributed by atoms with Crippen molar-refractivity contribution >= 4 is 11.9 Å². The van der Waals surface area contributed by atoms with Crippen molar-refractivity contribution in [3.05, 3.63) is 11.9 Å². The second kappa shape index (κ2) is 5.22. The van der Waals surface area contributed by atoms with Gasteiger partial charge in [-0.3, -0.25) is 9.59 Å². The third kappa shape index (κ3) is 2.52. The molecular weight excluding hydrogens is 260 g/mol. The number of aliphatic carboxylic acids is 1. The van der Waals surface area contributed by atoms with Gasteiger partial charge in [0.05, 0.1) is 12.1 Å². The first kappa shape index (κ1) is 14.5. The molecule has 110 valence electrons. The highest BCUT2D eigenvalue weighted by Gasteiger charge is 2.46. The van der Waals surface area contributed by atoms with Crippen molar-refractivity contribution in [2.75, 3.05) is 0 Å². The van der Waals surface area contributed by atoms with E-state index in [9.17, 15) is 14.7 Å². The quantitative estimate of drug-likeness (QED) is 0.767. The molecule has 1 aromatic heterocycles. The first-order chi connectivity index (χ1) is 9.34. The Labute approximate surface area is 117 Å². The fraction of sp³-hybridized carbons (Fsp3) is 0.692. The molecule has 0 bridgehead atoms. The zero-order valence-corrected chi connectivity index (χ0v) is 11.9. The van der Waals surface area contributed by atoms with Gasteiger partial charge in [-0.2, -0.15) is 15.4 Å². The maximum atomic E-state index is 12.0. The van der Waals surface area contributed by atoms with Crippen LogP contribution in [0.25, 0.3) is 0 Å². The van der Waals surface area contributed by atoms with Crippen LogP contribution >= 0.6 is 0 Å². The van der Waals surface area contributed by atoms with Crippen LogP contribution in [0.2, 0.25) is 0 Å². The molecule has 1 aliphatic carbocycles. The predicted octanol–water partition coefficient (Wildman–Crippen LogP) is 1.06. The van der Waals surface area contributed by atoms with Gasteiger partial charge in [0.25, 0.3) is 5.91 Å². The number of carbonyl (C=O) groups excluding carboxylic acids is 1. The van der Waals surface area contributed by atoms with Crippen molar-refractivity contribution in [3.63, 3.8) is 0 Å². The number of amides is 1. The number of H-pyrrole nitrogens is 1. The van der Waals surface area contributed by atoms with E-state index in [-0.39, 0.29) is 34.9 Å². The molecule has 1 aromatic rings. The number of rotatable bonds is 3. The molecule has 1 amide bonds. The maximum absolute atomic E-state index is 12.0. The van der Waals surface area contributed by atoms with E-state index in [0.717, 1.165) is 0 Å². The van der Waals surface area contributed by atoms with Crippen LogP contribution in [0.1, 0.15) is 44.1 Å². The van der Waals surface area contributed by atoms with Crippen molar-refractivity contribution in [2.45, 2.75) is 39.7 Å². The van der Waals surface area contributed by atoms with Crippen molar-refractivity contribution in [1.82, 2.24) is 20.7 Å². The molecule has 3 atom stereocenters. The van der Waals surface area contributed by atoms with Gasteiger partial charge in [-0.15, -0.1) is 0 Å². The Morgan fingerprint density at radius 2 is 2.15 bits per heavy atom. The summed E-state index contributed by atoms with van der Waals surface area (Å²) in [6, 6.07) is -0.0511. The largest absolute Gasteiger partial charge is 0.481 e. The summed E-state index contributed by atoms with van der Waals surface area (Å²) in [7, 11) is 0. The summed E-state index contributed by atoms with van der Waals surface area (Å²) in [6.45, 7) is 5.89. The van der Waals surface area contributed by atoms with Gasteiger partial charge in [-0.1, -0.05) is 20.8 Å². The number of carboxylic acid groups (broad SMARTS) is 1. The SMILES string of the molecule is CC1C(NC(=O)c2cn[nH]n2)CCC(C(=O)O)C1(C)C. The Kier molecular flexibility index (Phi) is 3.78. The van der Waals surface area contributed by atoms with Gasteiger partial charge in [0.15, 0.2) is 5.69 Å². The van der Waals surface area contributed by atoms with Gasteiger partial charge in [-0.25, -0.2) is 0 Å². The molecular formula is C13H20N4O3. The number of hydrogen-bond acceptors (Lipinski definition) is 4. The van der Waals surface area contributed by atoms with Gasteiger partial charge < -0.3 is 10.4 Å². The molecule has 0 aliphatic heterocycles. The molecule has 0 saturated heterocycles. The van der Waals surface area contributed by atoms with Crippen LogP contribution < -0.4 is 5.32 Å². The van der Waals surface area contributed by atoms with Crippen LogP contribution in [0.3, 0.4) is 0 Å². The highest BCUT2D eigenvalue weighted by molar-refractivity contribution is 5.92. The molecule has 3 unspecified atom stereocenters. The lowest BCUT2D eigenvalue weighted by Gasteiger charge is -2.46. The highest BCUT2D eigenvalue weighted by Crippen LogP contribution is 2.45. The van der Waals surface area contributed by atoms with Crippen LogP contribution in [0.4, 0.5) is 0 Å². The lowest BCUT2D eigenvalue weighted by atomic mass is 9.61. The summed E-state index contributed by atoms with van der Waals surface area (Å²) in [5.74, 6) is -1.35. The van der Waals surface area contributed by atoms with Gasteiger partial charge in [0.1, 0.15) is 0 Å². The smallest absolute Gasteiger partial charge is 0.307 e. The number of nitrogens with one attached hydrogen (secondary N) is 2. The minimum atomic E-state index is -0.761. The number of hydrogen-bond donors (Lipinski definition) is 3. The van der Waals surface area contributed by atoms with E-state index in [4.69, 9.17) is 0 Å². The molecule has 0 spiro atoms. The van der Waals surface area contributed by atoms with E-state index in [2.05, 4.69) is 20.7 Å². The topological polar surface area (TPSA) is 108 Å². The number of nitrogens with zero attached hydrogens (tertiary/aromatic N) is 2. The average Bonchev–Trinajstić information content (AvgIpc) is 2.88. The van der Waals surface area contributed by atoms with E-state index in [1.54, 1.807) is 0 Å². The molecule has 1 aliphatic rings. The first-order valence-corrected chi connectivity index (χ1v) is 6.73. The number of aromatic amines is 1. The molecule has 1 saturated carbocycles. The lowest BCUT2D eigenvalue weighted by molar-refractivity contribution is -0.150. The Morgan fingerprint density at radius 3 is 2.70 bits per heavy atom. The predicted molar refractivity (Wildman–Crippen MR) is 70.9 cm³/mol. The summed E-state index contributed by atoms with van der Waals surface area (Å²) >= 11 is 0. The molecule has 0 radical (unpaired) electrons. The Balaban J connectivity index is 2.08. The average molecular weight is 280 g/mol. The molecule has 7 nitrogen and oxygen atoms in total. The van der Waals surface area contributed by atoms with E-state index in [1.807, 2.05) is 20.8 Å². The van der Waals surface area contributed by atoms with Crippen LogP contribution in [0.15, 0.2) is 6.20 Å². The van der Waals surface area contributed by atoms with E-state index in [0.29, 0.717) is 12.8 Å². The number of carbonyl (C=O) groups is 2. The lowest BCUT2D eigenvalue weighted by Crippen LogP contribution is -2.52. The van der Waals surface area contributed by atoms with Crippen LogP contribution in [-0.2, 0) is 4.79 Å². The van der Waals surface area contributed by atoms with Gasteiger partial charge in [0.2, 0.25) is 0 Å². The third-order valence-electron chi connectivity index (χ3n) is 4.70. The molecule has 3 N–H and O–H groups in total. The maximum Gasteiger partial charge on any atom is 0.307 e. The fourth-order valence-corrected chi connectivity index (χ4v) is 3.00. The van der Waals surface area contributed by atoms with Crippen molar-refractivity contribution in [1.29, 1.82) is 0 Å². The minimum Gasteiger partial charge on any atom is -0.481 e. The van der Waals surface area contributed by atoms with Gasteiger partial charge in [0, 0.05) is 6.04 Å². The molecule has 1 fully saturated rings. The summed E-state index contributed by atoms with van der Waals surface area (Å²) in [5.41, 5.74) is -0.123. The van der Waals surface area contributed by atoms with E-state index >= 15 is 0 Å². The fourth-order valence-electron chi connectivity index (χ4n) is 3.00. The van der Waals surface area contributed by atoms with Crippen LogP contribution in [0, 0.1) is 17.3 Å². The summed E-state index contributed by atoms with van der Waals surface area (Å²) in [5, 5.41) is 22.0. The summed E-state index contributed by atoms with van der Waals surface area (Å²) < 4.78 is 0. The van der Waals surface area contributed by atoms with Crippen molar-refractivity contribution in [3.8, 4) is 0 Å². The summed E-state index contributed by atoms with van der Waals surface area (Å²) in [6.07, 6.45) is 2.59. The normalized spacial score (nSPS) is 28.9. The monoisotopic (exact) mass is 280 g/mol. The Bertz CT molecular complexity index is 498. The molecule has 7 heteroatoms. The second-order valence-corrected chi connectivity index (χ2v) is 6.01. The van der Waals surface area contributed by atoms with Crippen molar-refractivity contribution < 1.29 is 14.7 Å². The van der Waals surface area contributed by atoms with Crippen LogP contribution in [-0.4, -0.2) is 38.4 Å². The van der Waals surface area contributed by atoms with E-state index in [1.165, 1.54) is 6.20 Å². The zero-order valence-electron chi connectivity index (χ0n) is 11.9. The summed E-state index contributed by atoms with van der Waals surface area (Å²) in [4.78, 5) is 23.3. The molecule has 2 rings (SSSR count). The molecule has 20 heavy (non-hydrogen) atoms. The Hall–Kier alpha value is -1.92. The highest BCUT2D eigenvalue weighted by atomic mass is 16.4. The first-order valence-electron chi connectivity index (χ1n) is 6.73. The Morgan fingerprint density at radius 1 is 1.45 bits per heavy atom. The minimum absolute atomic E-state index is 0.0511. The number of aromatic nitrogens is 3. The standard InChI is InChI=1S/C13H20N4O3/c1-7-9(15-11(18)10-6-14-17-16-10)5-4-8(12(19)20)13(7,2)3/h6-9H,4-5H2,1-3H3,(H,15,18)(H,19,20)(H,14,16,17). The molecule has 1 heterocycles. The van der Waals surface area contributed by atoms with E-state index < -0.39 is 5.97 Å². The molecule has 0 aromatic carbocycles. The van der Waals surface area contributed by atoms with Crippen LogP contribution in [0.5, 0.6) is 0 Å². The van der Waals surface area contributed by atoms with Gasteiger partial charge in [-0.05, 0) is 24.2 Å². The zero-order chi connectivity index (χ0) is 14.9. The number of carboxylic acids is 1.